The van der Waals surface area contributed by atoms with Crippen molar-refractivity contribution in [2.24, 2.45) is 12.9 Å². The molecule has 1 heterocycles. The second-order valence-corrected chi connectivity index (χ2v) is 2.58. The Morgan fingerprint density at radius 1 is 1.42 bits per heavy atom. The summed E-state index contributed by atoms with van der Waals surface area (Å²) in [4.78, 5) is 0. The average Bonchev–Trinajstić information content (AvgIpc) is 2.44. The van der Waals surface area contributed by atoms with Crippen molar-refractivity contribution in [3.05, 3.63) is 24.3 Å². The molecule has 0 radical (unpaired) electrons. The normalized spacial score (nSPS) is 10.5. The number of rotatable bonds is 1. The minimum Gasteiger partial charge on any atom is -0.386 e. The number of hydrogen-bond donors (Lipinski definition) is 2. The first-order valence-electron chi connectivity index (χ1n) is 3.67. The maximum Gasteiger partial charge on any atom is 0.473 e. The summed E-state index contributed by atoms with van der Waals surface area (Å²) in [5.41, 5.74) is 4.33. The van der Waals surface area contributed by atoms with Gasteiger partial charge in [0.25, 0.3) is 0 Å². The predicted molar refractivity (Wildman–Crippen MR) is 45.2 cm³/mol. The number of hydrogen-bond acceptors (Lipinski definition) is 3. The standard InChI is InChI=1S/C8H9N3O/c1-11-6-4-2-3-5-7(6)12-8(11)10-9/h2-5H,9H2,1H3/p+1. The van der Waals surface area contributed by atoms with Gasteiger partial charge < -0.3 is 4.42 Å². The van der Waals surface area contributed by atoms with E-state index < -0.39 is 0 Å². The zero-order valence-corrected chi connectivity index (χ0v) is 6.74. The van der Waals surface area contributed by atoms with Gasteiger partial charge in [-0.2, -0.15) is 15.8 Å². The Morgan fingerprint density at radius 3 is 2.83 bits per heavy atom. The van der Waals surface area contributed by atoms with E-state index in [0.29, 0.717) is 6.01 Å². The van der Waals surface area contributed by atoms with Crippen LogP contribution in [0.1, 0.15) is 0 Å². The molecule has 0 bridgehead atoms. The SMILES string of the molecule is C[n+]1c(NN)oc2ccccc21. The molecule has 0 amide bonds. The number of anilines is 1. The number of aryl methyl sites for hydroxylation is 1. The van der Waals surface area contributed by atoms with Crippen molar-refractivity contribution >= 4 is 17.1 Å². The lowest BCUT2D eigenvalue weighted by molar-refractivity contribution is -0.634. The monoisotopic (exact) mass is 164 g/mol. The smallest absolute Gasteiger partial charge is 0.386 e. The molecule has 62 valence electrons. The number of para-hydroxylation sites is 2. The van der Waals surface area contributed by atoms with E-state index >= 15 is 0 Å². The molecule has 0 spiro atoms. The molecule has 0 fully saturated rings. The van der Waals surface area contributed by atoms with Crippen LogP contribution in [0.3, 0.4) is 0 Å². The van der Waals surface area contributed by atoms with Crippen LogP contribution in [-0.4, -0.2) is 0 Å². The summed E-state index contributed by atoms with van der Waals surface area (Å²) in [5.74, 6) is 5.25. The fraction of sp³-hybridized carbons (Fsp3) is 0.125. The fourth-order valence-corrected chi connectivity index (χ4v) is 1.23. The van der Waals surface area contributed by atoms with Gasteiger partial charge in [0.2, 0.25) is 0 Å². The Bertz CT molecular complexity index is 408. The Balaban J connectivity index is 2.78. The molecule has 3 N–H and O–H groups in total. The van der Waals surface area contributed by atoms with Crippen LogP contribution in [0.25, 0.3) is 11.1 Å². The number of oxazole rings is 1. The second kappa shape index (κ2) is 2.49. The minimum atomic E-state index is 0.552. The summed E-state index contributed by atoms with van der Waals surface area (Å²) in [5, 5.41) is 0. The summed E-state index contributed by atoms with van der Waals surface area (Å²) < 4.78 is 7.23. The molecular formula is C8H10N3O+. The molecule has 12 heavy (non-hydrogen) atoms. The molecule has 2 rings (SSSR count). The molecule has 2 aromatic rings. The topological polar surface area (TPSA) is 55.1 Å². The molecule has 4 heteroatoms. The van der Waals surface area contributed by atoms with Crippen LogP contribution in [0, 0.1) is 0 Å². The van der Waals surface area contributed by atoms with Crippen LogP contribution in [0.2, 0.25) is 0 Å². The van der Waals surface area contributed by atoms with Crippen LogP contribution in [-0.2, 0) is 7.05 Å². The van der Waals surface area contributed by atoms with E-state index in [9.17, 15) is 0 Å². The van der Waals surface area contributed by atoms with Gasteiger partial charge in [-0.3, -0.25) is 0 Å². The van der Waals surface area contributed by atoms with Crippen molar-refractivity contribution in [2.75, 3.05) is 5.43 Å². The van der Waals surface area contributed by atoms with Gasteiger partial charge in [0.1, 0.15) is 0 Å². The minimum absolute atomic E-state index is 0.552. The summed E-state index contributed by atoms with van der Waals surface area (Å²) in [6, 6.07) is 8.30. The number of nitrogens with zero attached hydrogens (tertiary/aromatic N) is 1. The summed E-state index contributed by atoms with van der Waals surface area (Å²) >= 11 is 0. The number of nitrogen functional groups attached to an aromatic ring is 1. The van der Waals surface area contributed by atoms with Gasteiger partial charge in [0, 0.05) is 0 Å². The zero-order chi connectivity index (χ0) is 8.55. The number of nitrogens with one attached hydrogen (secondary N) is 1. The molecule has 1 aromatic carbocycles. The fourth-order valence-electron chi connectivity index (χ4n) is 1.23. The molecule has 0 aliphatic carbocycles. The number of aromatic nitrogens is 1. The molecular weight excluding hydrogens is 154 g/mol. The molecule has 0 atom stereocenters. The highest BCUT2D eigenvalue weighted by molar-refractivity contribution is 5.69. The van der Waals surface area contributed by atoms with E-state index in [1.165, 1.54) is 0 Å². The summed E-state index contributed by atoms with van der Waals surface area (Å²) in [7, 11) is 1.89. The maximum atomic E-state index is 5.37. The molecule has 0 saturated heterocycles. The van der Waals surface area contributed by atoms with Crippen LogP contribution in [0.4, 0.5) is 6.01 Å². The van der Waals surface area contributed by atoms with Crippen molar-refractivity contribution in [2.45, 2.75) is 0 Å². The van der Waals surface area contributed by atoms with Gasteiger partial charge in [0.15, 0.2) is 11.1 Å². The van der Waals surface area contributed by atoms with Gasteiger partial charge in [0.05, 0.1) is 7.05 Å². The van der Waals surface area contributed by atoms with Crippen molar-refractivity contribution in [1.29, 1.82) is 0 Å². The largest absolute Gasteiger partial charge is 0.473 e. The maximum absolute atomic E-state index is 5.37. The Labute approximate surface area is 69.6 Å². The third-order valence-corrected chi connectivity index (χ3v) is 1.86. The number of hydrazine groups is 1. The van der Waals surface area contributed by atoms with Gasteiger partial charge >= 0.3 is 6.01 Å². The van der Waals surface area contributed by atoms with Crippen LogP contribution in [0.5, 0.6) is 0 Å². The van der Waals surface area contributed by atoms with E-state index in [1.807, 2.05) is 35.9 Å². The van der Waals surface area contributed by atoms with Gasteiger partial charge in [-0.05, 0) is 12.1 Å². The van der Waals surface area contributed by atoms with Crippen molar-refractivity contribution in [3.8, 4) is 0 Å². The van der Waals surface area contributed by atoms with E-state index in [4.69, 9.17) is 10.3 Å². The van der Waals surface area contributed by atoms with Crippen molar-refractivity contribution in [1.82, 2.24) is 0 Å². The Hall–Kier alpha value is -1.55. The van der Waals surface area contributed by atoms with E-state index in [2.05, 4.69) is 5.43 Å². The molecule has 1 aromatic heterocycles. The van der Waals surface area contributed by atoms with Crippen LogP contribution < -0.4 is 15.8 Å². The van der Waals surface area contributed by atoms with E-state index in [1.54, 1.807) is 0 Å². The lowest BCUT2D eigenvalue weighted by Crippen LogP contribution is -2.32. The number of nitrogens with two attached hydrogens (primary N) is 1. The second-order valence-electron chi connectivity index (χ2n) is 2.58. The van der Waals surface area contributed by atoms with Crippen LogP contribution >= 0.6 is 0 Å². The van der Waals surface area contributed by atoms with Crippen LogP contribution in [0.15, 0.2) is 28.7 Å². The Kier molecular flexibility index (Phi) is 1.48. The highest BCUT2D eigenvalue weighted by atomic mass is 16.4. The lowest BCUT2D eigenvalue weighted by Gasteiger charge is -1.86. The van der Waals surface area contributed by atoms with E-state index in [0.717, 1.165) is 11.1 Å². The molecule has 0 aliphatic heterocycles. The first-order chi connectivity index (χ1) is 5.83. The predicted octanol–water partition coefficient (Wildman–Crippen LogP) is 0.543. The number of fused-ring (bicyclic) bond motifs is 1. The Morgan fingerprint density at radius 2 is 2.17 bits per heavy atom. The number of benzene rings is 1. The first kappa shape index (κ1) is 7.12. The van der Waals surface area contributed by atoms with E-state index in [-0.39, 0.29) is 0 Å². The molecule has 0 unspecified atom stereocenters. The molecule has 0 saturated carbocycles. The van der Waals surface area contributed by atoms with Gasteiger partial charge in [-0.1, -0.05) is 12.1 Å². The quantitative estimate of drug-likeness (QED) is 0.367. The average molecular weight is 164 g/mol. The van der Waals surface area contributed by atoms with Crippen molar-refractivity contribution < 1.29 is 8.98 Å². The zero-order valence-electron chi connectivity index (χ0n) is 6.74. The highest BCUT2D eigenvalue weighted by Crippen LogP contribution is 2.14. The molecule has 4 nitrogen and oxygen atoms in total. The van der Waals surface area contributed by atoms with Crippen molar-refractivity contribution in [3.63, 3.8) is 0 Å². The lowest BCUT2D eigenvalue weighted by atomic mass is 10.3. The summed E-state index contributed by atoms with van der Waals surface area (Å²) in [6.45, 7) is 0. The third kappa shape index (κ3) is 0.853. The molecule has 0 aliphatic rings. The highest BCUT2D eigenvalue weighted by Gasteiger charge is 2.13. The summed E-state index contributed by atoms with van der Waals surface area (Å²) in [6.07, 6.45) is 0. The van der Waals surface area contributed by atoms with Gasteiger partial charge in [-0.25, -0.2) is 0 Å². The first-order valence-corrected chi connectivity index (χ1v) is 3.67. The van der Waals surface area contributed by atoms with Gasteiger partial charge in [-0.15, -0.1) is 0 Å². The third-order valence-electron chi connectivity index (χ3n) is 1.86.